The molecule has 0 atom stereocenters. The summed E-state index contributed by atoms with van der Waals surface area (Å²) >= 11 is 5.98. The molecule has 2 amide bonds. The Balaban J connectivity index is 1.54. The lowest BCUT2D eigenvalue weighted by Crippen LogP contribution is -2.23. The summed E-state index contributed by atoms with van der Waals surface area (Å²) in [6, 6.07) is 17.1. The van der Waals surface area contributed by atoms with Crippen LogP contribution in [0.1, 0.15) is 16.1 Å². The molecule has 0 bridgehead atoms. The number of hydrogen-bond donors (Lipinski definition) is 2. The summed E-state index contributed by atoms with van der Waals surface area (Å²) in [4.78, 5) is 24.3. The van der Waals surface area contributed by atoms with Gasteiger partial charge in [0.25, 0.3) is 11.8 Å². The molecule has 3 aromatic rings. The number of carbonyl (C=O) groups is 2. The van der Waals surface area contributed by atoms with Crippen LogP contribution in [-0.2, 0) is 11.3 Å². The second kappa shape index (κ2) is 8.91. The van der Waals surface area contributed by atoms with Gasteiger partial charge in [0.1, 0.15) is 11.5 Å². The maximum atomic E-state index is 12.2. The predicted octanol–water partition coefficient (Wildman–Crippen LogP) is 3.88. The fourth-order valence-corrected chi connectivity index (χ4v) is 2.51. The van der Waals surface area contributed by atoms with E-state index >= 15 is 0 Å². The second-order valence-corrected chi connectivity index (χ2v) is 6.02. The van der Waals surface area contributed by atoms with Crippen molar-refractivity contribution in [1.29, 1.82) is 0 Å². The topological polar surface area (TPSA) is 80.6 Å². The largest absolute Gasteiger partial charge is 0.482 e. The molecule has 0 aliphatic rings. The number of halogens is 1. The molecule has 0 spiro atoms. The van der Waals surface area contributed by atoms with Crippen LogP contribution in [0.3, 0.4) is 0 Å². The third kappa shape index (κ3) is 5.36. The normalized spacial score (nSPS) is 10.3. The van der Waals surface area contributed by atoms with Gasteiger partial charge < -0.3 is 19.8 Å². The average molecular weight is 385 g/mol. The van der Waals surface area contributed by atoms with E-state index in [0.717, 1.165) is 0 Å². The fraction of sp³-hybridized carbons (Fsp3) is 0.100. The van der Waals surface area contributed by atoms with Crippen LogP contribution in [-0.4, -0.2) is 18.4 Å². The van der Waals surface area contributed by atoms with Gasteiger partial charge in [-0.05, 0) is 42.5 Å². The number of amides is 2. The molecule has 2 aromatic carbocycles. The minimum Gasteiger partial charge on any atom is -0.482 e. The van der Waals surface area contributed by atoms with Gasteiger partial charge in [0.05, 0.1) is 17.8 Å². The molecule has 0 unspecified atom stereocenters. The van der Waals surface area contributed by atoms with Crippen LogP contribution < -0.4 is 15.4 Å². The maximum Gasteiger partial charge on any atom is 0.262 e. The van der Waals surface area contributed by atoms with Crippen LogP contribution in [0.2, 0.25) is 5.02 Å². The van der Waals surface area contributed by atoms with Crippen LogP contribution >= 0.6 is 11.6 Å². The van der Waals surface area contributed by atoms with Gasteiger partial charge in [-0.25, -0.2) is 0 Å². The van der Waals surface area contributed by atoms with Gasteiger partial charge in [0.15, 0.2) is 6.61 Å². The molecule has 1 heterocycles. The van der Waals surface area contributed by atoms with Crippen LogP contribution in [0.25, 0.3) is 0 Å². The van der Waals surface area contributed by atoms with Crippen LogP contribution in [0.4, 0.5) is 5.69 Å². The van der Waals surface area contributed by atoms with Crippen molar-refractivity contribution in [2.45, 2.75) is 6.54 Å². The number of ether oxygens (including phenoxy) is 1. The van der Waals surface area contributed by atoms with Crippen LogP contribution in [0, 0.1) is 0 Å². The third-order valence-corrected chi connectivity index (χ3v) is 3.92. The first kappa shape index (κ1) is 18.5. The van der Waals surface area contributed by atoms with Crippen molar-refractivity contribution < 1.29 is 18.7 Å². The number of benzene rings is 2. The van der Waals surface area contributed by atoms with E-state index in [1.807, 2.05) is 0 Å². The Morgan fingerprint density at radius 1 is 1.04 bits per heavy atom. The maximum absolute atomic E-state index is 12.2. The van der Waals surface area contributed by atoms with E-state index in [2.05, 4.69) is 10.6 Å². The molecule has 0 fully saturated rings. The molecule has 1 aromatic heterocycles. The SMILES string of the molecule is O=C(COc1ccccc1Cl)Nc1cccc(C(=O)NCc2ccco2)c1. The Kier molecular flexibility index (Phi) is 6.12. The molecule has 7 heteroatoms. The molecule has 6 nitrogen and oxygen atoms in total. The van der Waals surface area contributed by atoms with Crippen molar-refractivity contribution in [2.75, 3.05) is 11.9 Å². The Hall–Kier alpha value is -3.25. The van der Waals surface area contributed by atoms with E-state index in [4.69, 9.17) is 20.8 Å². The summed E-state index contributed by atoms with van der Waals surface area (Å²) in [6.45, 7) is 0.0900. The predicted molar refractivity (Wildman–Crippen MR) is 102 cm³/mol. The Morgan fingerprint density at radius 3 is 2.67 bits per heavy atom. The molecule has 138 valence electrons. The molecule has 0 aliphatic carbocycles. The van der Waals surface area contributed by atoms with Gasteiger partial charge in [-0.3, -0.25) is 9.59 Å². The molecule has 27 heavy (non-hydrogen) atoms. The van der Waals surface area contributed by atoms with Crippen LogP contribution in [0.5, 0.6) is 5.75 Å². The number of nitrogens with one attached hydrogen (secondary N) is 2. The van der Waals surface area contributed by atoms with Crippen molar-refractivity contribution >= 4 is 29.1 Å². The molecule has 3 rings (SSSR count). The number of furan rings is 1. The van der Waals surface area contributed by atoms with Gasteiger partial charge >= 0.3 is 0 Å². The number of anilines is 1. The summed E-state index contributed by atoms with van der Waals surface area (Å²) in [6.07, 6.45) is 1.54. The molecule has 0 aliphatic heterocycles. The van der Waals surface area contributed by atoms with Crippen molar-refractivity contribution in [3.05, 3.63) is 83.3 Å². The van der Waals surface area contributed by atoms with E-state index in [-0.39, 0.29) is 25.0 Å². The van der Waals surface area contributed by atoms with Crippen molar-refractivity contribution in [3.8, 4) is 5.75 Å². The minimum absolute atomic E-state index is 0.196. The molecular weight excluding hydrogens is 368 g/mol. The lowest BCUT2D eigenvalue weighted by atomic mass is 10.2. The first-order valence-corrected chi connectivity index (χ1v) is 8.57. The first-order valence-electron chi connectivity index (χ1n) is 8.19. The number of hydrogen-bond acceptors (Lipinski definition) is 4. The van der Waals surface area contributed by atoms with Gasteiger partial charge in [0, 0.05) is 11.3 Å². The zero-order chi connectivity index (χ0) is 19.1. The molecular formula is C20H17ClN2O4. The highest BCUT2D eigenvalue weighted by Crippen LogP contribution is 2.23. The highest BCUT2D eigenvalue weighted by Gasteiger charge is 2.10. The smallest absolute Gasteiger partial charge is 0.262 e. The van der Waals surface area contributed by atoms with E-state index in [9.17, 15) is 9.59 Å². The van der Waals surface area contributed by atoms with Gasteiger partial charge in [-0.1, -0.05) is 29.8 Å². The summed E-state index contributed by atoms with van der Waals surface area (Å²) < 4.78 is 10.6. The van der Waals surface area contributed by atoms with Gasteiger partial charge in [-0.2, -0.15) is 0 Å². The number of carbonyl (C=O) groups excluding carboxylic acids is 2. The average Bonchev–Trinajstić information content (AvgIpc) is 3.19. The zero-order valence-corrected chi connectivity index (χ0v) is 15.0. The third-order valence-electron chi connectivity index (χ3n) is 3.61. The summed E-state index contributed by atoms with van der Waals surface area (Å²) in [5, 5.41) is 5.87. The Bertz CT molecular complexity index is 925. The van der Waals surface area contributed by atoms with Crippen molar-refractivity contribution in [1.82, 2.24) is 5.32 Å². The van der Waals surface area contributed by atoms with E-state index in [1.54, 1.807) is 66.9 Å². The fourth-order valence-electron chi connectivity index (χ4n) is 2.32. The van der Waals surface area contributed by atoms with Crippen LogP contribution in [0.15, 0.2) is 71.3 Å². The Labute approximate surface area is 161 Å². The van der Waals surface area contributed by atoms with E-state index < -0.39 is 0 Å². The van der Waals surface area contributed by atoms with Crippen molar-refractivity contribution in [2.24, 2.45) is 0 Å². The highest BCUT2D eigenvalue weighted by molar-refractivity contribution is 6.32. The monoisotopic (exact) mass is 384 g/mol. The van der Waals surface area contributed by atoms with E-state index in [0.29, 0.717) is 27.8 Å². The number of para-hydroxylation sites is 1. The summed E-state index contributed by atoms with van der Waals surface area (Å²) in [5.74, 6) is 0.461. The minimum atomic E-state index is -0.358. The molecule has 0 radical (unpaired) electrons. The molecule has 2 N–H and O–H groups in total. The lowest BCUT2D eigenvalue weighted by molar-refractivity contribution is -0.118. The van der Waals surface area contributed by atoms with Gasteiger partial charge in [-0.15, -0.1) is 0 Å². The van der Waals surface area contributed by atoms with Crippen molar-refractivity contribution in [3.63, 3.8) is 0 Å². The molecule has 0 saturated carbocycles. The summed E-state index contributed by atoms with van der Waals surface area (Å²) in [7, 11) is 0. The van der Waals surface area contributed by atoms with Gasteiger partial charge in [0.2, 0.25) is 0 Å². The quantitative estimate of drug-likeness (QED) is 0.647. The molecule has 0 saturated heterocycles. The Morgan fingerprint density at radius 2 is 1.89 bits per heavy atom. The lowest BCUT2D eigenvalue weighted by Gasteiger charge is -2.10. The highest BCUT2D eigenvalue weighted by atomic mass is 35.5. The first-order chi connectivity index (χ1) is 13.1. The summed E-state index contributed by atoms with van der Waals surface area (Å²) in [5.41, 5.74) is 0.916. The standard InChI is InChI=1S/C20H17ClN2O4/c21-17-8-1-2-9-18(17)27-13-19(24)23-15-6-3-5-14(11-15)20(25)22-12-16-7-4-10-26-16/h1-11H,12-13H2,(H,22,25)(H,23,24). The van der Waals surface area contributed by atoms with E-state index in [1.165, 1.54) is 0 Å². The second-order valence-electron chi connectivity index (χ2n) is 5.61. The number of rotatable bonds is 7. The zero-order valence-electron chi connectivity index (χ0n) is 14.3.